The lowest BCUT2D eigenvalue weighted by atomic mass is 10.1. The van der Waals surface area contributed by atoms with Gasteiger partial charge in [-0.2, -0.15) is 0 Å². The molecule has 11 heteroatoms. The highest BCUT2D eigenvalue weighted by Gasteiger charge is 2.18. The summed E-state index contributed by atoms with van der Waals surface area (Å²) in [5.74, 6) is -2.41. The minimum Gasteiger partial charge on any atom is -0.495 e. The molecule has 0 radical (unpaired) electrons. The zero-order chi connectivity index (χ0) is 28.5. The van der Waals surface area contributed by atoms with Crippen LogP contribution in [-0.4, -0.2) is 53.8 Å². The first-order valence-electron chi connectivity index (χ1n) is 11.9. The van der Waals surface area contributed by atoms with Crippen LogP contribution >= 0.6 is 0 Å². The molecule has 0 bridgehead atoms. The van der Waals surface area contributed by atoms with Gasteiger partial charge in [0.05, 0.1) is 24.9 Å². The summed E-state index contributed by atoms with van der Waals surface area (Å²) >= 11 is 0. The van der Waals surface area contributed by atoms with E-state index >= 15 is 0 Å². The first kappa shape index (κ1) is 28.7. The van der Waals surface area contributed by atoms with Crippen LogP contribution in [0.25, 0.3) is 0 Å². The number of hydrogen-bond acceptors (Lipinski definition) is 7. The Morgan fingerprint density at radius 2 is 1.59 bits per heavy atom. The number of rotatable bonds is 12. The van der Waals surface area contributed by atoms with Gasteiger partial charge in [0.25, 0.3) is 0 Å². The van der Waals surface area contributed by atoms with E-state index in [2.05, 4.69) is 16.0 Å². The second kappa shape index (κ2) is 13.1. The number of anilines is 2. The van der Waals surface area contributed by atoms with Crippen molar-refractivity contribution < 1.29 is 38.9 Å². The van der Waals surface area contributed by atoms with Crippen molar-refractivity contribution in [1.29, 1.82) is 0 Å². The molecule has 0 aromatic heterocycles. The van der Waals surface area contributed by atoms with Gasteiger partial charge >= 0.3 is 18.0 Å². The number of carbonyl (C=O) groups excluding carboxylic acids is 2. The third-order valence-electron chi connectivity index (χ3n) is 5.66. The van der Waals surface area contributed by atoms with E-state index in [-0.39, 0.29) is 35.6 Å². The van der Waals surface area contributed by atoms with Gasteiger partial charge in [-0.05, 0) is 61.4 Å². The maximum Gasteiger partial charge on any atom is 0.339 e. The molecule has 1 atom stereocenters. The average molecular weight is 536 g/mol. The van der Waals surface area contributed by atoms with Crippen molar-refractivity contribution in [1.82, 2.24) is 5.32 Å². The lowest BCUT2D eigenvalue weighted by Crippen LogP contribution is -2.36. The largest absolute Gasteiger partial charge is 0.495 e. The fraction of sp³-hybridized carbons (Fsp3) is 0.214. The normalized spacial score (nSPS) is 11.3. The third-order valence-corrected chi connectivity index (χ3v) is 5.66. The quantitative estimate of drug-likeness (QED) is 0.214. The highest BCUT2D eigenvalue weighted by atomic mass is 16.5. The van der Waals surface area contributed by atoms with E-state index in [0.717, 1.165) is 11.6 Å². The fourth-order valence-corrected chi connectivity index (χ4v) is 3.65. The highest BCUT2D eigenvalue weighted by Crippen LogP contribution is 2.26. The van der Waals surface area contributed by atoms with E-state index in [4.69, 9.17) is 14.6 Å². The van der Waals surface area contributed by atoms with Gasteiger partial charge in [-0.3, -0.25) is 10.1 Å². The number of ketones is 1. The molecular formula is C28H29N3O8. The van der Waals surface area contributed by atoms with Gasteiger partial charge < -0.3 is 30.3 Å². The van der Waals surface area contributed by atoms with Crippen molar-refractivity contribution in [2.75, 3.05) is 24.3 Å². The summed E-state index contributed by atoms with van der Waals surface area (Å²) in [6.45, 7) is 3.41. The van der Waals surface area contributed by atoms with Crippen molar-refractivity contribution >= 4 is 35.1 Å². The first-order chi connectivity index (χ1) is 18.6. The number of ether oxygens (including phenoxy) is 2. The van der Waals surface area contributed by atoms with Crippen molar-refractivity contribution in [3.8, 4) is 11.5 Å². The third kappa shape index (κ3) is 8.04. The molecule has 0 saturated heterocycles. The summed E-state index contributed by atoms with van der Waals surface area (Å²) in [5.41, 5.74) is 2.21. The lowest BCUT2D eigenvalue weighted by molar-refractivity contribution is -0.118. The second-order valence-electron chi connectivity index (χ2n) is 8.61. The lowest BCUT2D eigenvalue weighted by Gasteiger charge is -2.18. The molecule has 0 heterocycles. The van der Waals surface area contributed by atoms with Gasteiger partial charge in [0.2, 0.25) is 0 Å². The molecule has 3 rings (SSSR count). The molecular weight excluding hydrogens is 506 g/mol. The molecule has 5 N–H and O–H groups in total. The second-order valence-corrected chi connectivity index (χ2v) is 8.61. The van der Waals surface area contributed by atoms with Crippen LogP contribution in [0, 0.1) is 6.92 Å². The summed E-state index contributed by atoms with van der Waals surface area (Å²) in [6, 6.07) is 15.4. The number of Topliss-reactive ketones (excluding diaryl/α,β-unsaturated/α-hetero) is 1. The molecule has 3 aromatic carbocycles. The topological polar surface area (TPSA) is 163 Å². The molecule has 39 heavy (non-hydrogen) atoms. The minimum atomic E-state index is -1.34. The van der Waals surface area contributed by atoms with Crippen molar-refractivity contribution in [3.63, 3.8) is 0 Å². The van der Waals surface area contributed by atoms with E-state index in [1.807, 2.05) is 25.1 Å². The number of hydrogen-bond donors (Lipinski definition) is 5. The highest BCUT2D eigenvalue weighted by molar-refractivity contribution is 6.01. The monoisotopic (exact) mass is 535 g/mol. The standard InChI is InChI=1S/C28H29N3O8/c1-16-6-4-5-7-22(16)30-28(37)31-23-10-8-18(13-25(23)38-3)12-20(32)15-29-17(2)39-24-11-9-19(26(33)34)14-21(24)27(35)36/h4-11,13-14,17,29H,12,15H2,1-3H3,(H,33,34)(H,35,36)(H2,30,31,37). The van der Waals surface area contributed by atoms with Crippen LogP contribution in [0.4, 0.5) is 16.2 Å². The van der Waals surface area contributed by atoms with Crippen molar-refractivity contribution in [2.45, 2.75) is 26.5 Å². The molecule has 0 aliphatic carbocycles. The molecule has 1 unspecified atom stereocenters. The Morgan fingerprint density at radius 3 is 2.26 bits per heavy atom. The first-order valence-corrected chi connectivity index (χ1v) is 11.9. The van der Waals surface area contributed by atoms with Crippen molar-refractivity contribution in [3.05, 3.63) is 82.9 Å². The zero-order valence-corrected chi connectivity index (χ0v) is 21.6. The number of carbonyl (C=O) groups is 4. The van der Waals surface area contributed by atoms with E-state index in [1.54, 1.807) is 31.2 Å². The molecule has 0 aliphatic rings. The Labute approximate surface area is 224 Å². The maximum atomic E-state index is 12.6. The number of urea groups is 1. The molecule has 0 spiro atoms. The minimum absolute atomic E-state index is 0.0285. The van der Waals surface area contributed by atoms with Crippen LogP contribution in [0.3, 0.4) is 0 Å². The zero-order valence-electron chi connectivity index (χ0n) is 21.6. The Morgan fingerprint density at radius 1 is 0.872 bits per heavy atom. The maximum absolute atomic E-state index is 12.6. The van der Waals surface area contributed by atoms with Gasteiger partial charge in [0.15, 0.2) is 5.78 Å². The van der Waals surface area contributed by atoms with E-state index in [0.29, 0.717) is 22.7 Å². The Hall–Kier alpha value is -4.90. The fourth-order valence-electron chi connectivity index (χ4n) is 3.65. The van der Waals surface area contributed by atoms with Gasteiger partial charge in [-0.25, -0.2) is 14.4 Å². The molecule has 0 fully saturated rings. The molecule has 11 nitrogen and oxygen atoms in total. The Balaban J connectivity index is 1.56. The number of methoxy groups -OCH3 is 1. The average Bonchev–Trinajstić information content (AvgIpc) is 2.89. The summed E-state index contributed by atoms with van der Waals surface area (Å²) in [6.07, 6.45) is -0.671. The van der Waals surface area contributed by atoms with Gasteiger partial charge in [0, 0.05) is 12.1 Å². The molecule has 3 aromatic rings. The number of benzene rings is 3. The van der Waals surface area contributed by atoms with Crippen LogP contribution in [0.15, 0.2) is 60.7 Å². The number of carboxylic acids is 2. The van der Waals surface area contributed by atoms with E-state index in [1.165, 1.54) is 19.2 Å². The molecule has 0 saturated carbocycles. The molecule has 2 amide bonds. The number of aromatic carboxylic acids is 2. The van der Waals surface area contributed by atoms with Crippen molar-refractivity contribution in [2.24, 2.45) is 0 Å². The predicted molar refractivity (Wildman–Crippen MR) is 144 cm³/mol. The summed E-state index contributed by atoms with van der Waals surface area (Å²) in [5, 5.41) is 26.8. The predicted octanol–water partition coefficient (Wildman–Crippen LogP) is 4.17. The summed E-state index contributed by atoms with van der Waals surface area (Å²) in [4.78, 5) is 47.6. The summed E-state index contributed by atoms with van der Waals surface area (Å²) < 4.78 is 11.0. The van der Waals surface area contributed by atoms with Gasteiger partial charge in [0.1, 0.15) is 23.3 Å². The van der Waals surface area contributed by atoms with Crippen LogP contribution in [-0.2, 0) is 11.2 Å². The number of amides is 2. The number of para-hydroxylation sites is 1. The van der Waals surface area contributed by atoms with Crippen LogP contribution < -0.4 is 25.4 Å². The summed E-state index contributed by atoms with van der Waals surface area (Å²) in [7, 11) is 1.46. The number of aryl methyl sites for hydroxylation is 1. The van der Waals surface area contributed by atoms with E-state index in [9.17, 15) is 24.3 Å². The van der Waals surface area contributed by atoms with Crippen LogP contribution in [0.1, 0.15) is 38.8 Å². The molecule has 204 valence electrons. The van der Waals surface area contributed by atoms with Gasteiger partial charge in [-0.15, -0.1) is 0 Å². The Kier molecular flexibility index (Phi) is 9.60. The number of carboxylic acid groups (broad SMARTS) is 2. The SMILES string of the molecule is COc1cc(CC(=O)CNC(C)Oc2ccc(C(=O)O)cc2C(=O)O)ccc1NC(=O)Nc1ccccc1C. The van der Waals surface area contributed by atoms with Crippen LogP contribution in [0.2, 0.25) is 0 Å². The van der Waals surface area contributed by atoms with E-state index < -0.39 is 24.2 Å². The van der Waals surface area contributed by atoms with Crippen LogP contribution in [0.5, 0.6) is 11.5 Å². The smallest absolute Gasteiger partial charge is 0.339 e. The van der Waals surface area contributed by atoms with Gasteiger partial charge in [-0.1, -0.05) is 24.3 Å². The Bertz CT molecular complexity index is 1390. The number of nitrogens with one attached hydrogen (secondary N) is 3. The molecule has 0 aliphatic heterocycles.